The van der Waals surface area contributed by atoms with Crippen molar-refractivity contribution in [3.05, 3.63) is 34.9 Å². The number of aromatic nitrogens is 4. The zero-order chi connectivity index (χ0) is 13.1. The molecule has 0 atom stereocenters. The van der Waals surface area contributed by atoms with Crippen LogP contribution >= 0.6 is 21.6 Å². The average molecular weight is 278 g/mol. The molecule has 2 rings (SSSR count). The van der Waals surface area contributed by atoms with E-state index in [0.717, 1.165) is 32.8 Å². The van der Waals surface area contributed by atoms with Crippen molar-refractivity contribution in [1.29, 1.82) is 0 Å². The predicted molar refractivity (Wildman–Crippen MR) is 74.7 cm³/mol. The van der Waals surface area contributed by atoms with Crippen LogP contribution in [0.4, 0.5) is 0 Å². The normalized spacial score (nSPS) is 10.7. The summed E-state index contributed by atoms with van der Waals surface area (Å²) in [5.41, 5.74) is 4.22. The molecule has 2 heterocycles. The first-order valence-corrected chi connectivity index (χ1v) is 7.66. The fourth-order valence-electron chi connectivity index (χ4n) is 1.17. The van der Waals surface area contributed by atoms with Crippen molar-refractivity contribution in [2.75, 3.05) is 0 Å². The van der Waals surface area contributed by atoms with Gasteiger partial charge in [0.25, 0.3) is 0 Å². The minimum Gasteiger partial charge on any atom is -0.230 e. The van der Waals surface area contributed by atoms with E-state index in [0.29, 0.717) is 0 Å². The Bertz CT molecular complexity index is 520. The molecule has 4 nitrogen and oxygen atoms in total. The van der Waals surface area contributed by atoms with Gasteiger partial charge < -0.3 is 0 Å². The number of nitrogens with zero attached hydrogens (tertiary/aromatic N) is 4. The van der Waals surface area contributed by atoms with E-state index < -0.39 is 0 Å². The lowest BCUT2D eigenvalue weighted by Crippen LogP contribution is -1.93. The van der Waals surface area contributed by atoms with E-state index in [1.54, 1.807) is 0 Å². The first-order chi connectivity index (χ1) is 8.56. The molecular weight excluding hydrogens is 264 g/mol. The summed E-state index contributed by atoms with van der Waals surface area (Å²) < 4.78 is 0. The van der Waals surface area contributed by atoms with Crippen LogP contribution in [0.15, 0.2) is 22.7 Å². The van der Waals surface area contributed by atoms with Crippen molar-refractivity contribution in [2.24, 2.45) is 0 Å². The van der Waals surface area contributed by atoms with Crippen molar-refractivity contribution in [1.82, 2.24) is 19.9 Å². The van der Waals surface area contributed by atoms with Crippen LogP contribution in [-0.2, 0) is 0 Å². The molecule has 94 valence electrons. The van der Waals surface area contributed by atoms with Crippen molar-refractivity contribution in [3.63, 3.8) is 0 Å². The number of rotatable bonds is 3. The van der Waals surface area contributed by atoms with Gasteiger partial charge in [-0.15, -0.1) is 0 Å². The topological polar surface area (TPSA) is 51.6 Å². The van der Waals surface area contributed by atoms with Gasteiger partial charge in [-0.1, -0.05) is 0 Å². The van der Waals surface area contributed by atoms with Crippen LogP contribution in [0.5, 0.6) is 0 Å². The predicted octanol–water partition coefficient (Wildman–Crippen LogP) is 3.30. The molecular formula is C12H14N4S2. The van der Waals surface area contributed by atoms with Gasteiger partial charge in [0.1, 0.15) is 0 Å². The van der Waals surface area contributed by atoms with E-state index in [-0.39, 0.29) is 0 Å². The van der Waals surface area contributed by atoms with E-state index in [9.17, 15) is 0 Å². The summed E-state index contributed by atoms with van der Waals surface area (Å²) in [5.74, 6) is 0. The highest BCUT2D eigenvalue weighted by Crippen LogP contribution is 2.33. The second kappa shape index (κ2) is 5.67. The first-order valence-electron chi connectivity index (χ1n) is 5.51. The highest BCUT2D eigenvalue weighted by molar-refractivity contribution is 8.76. The van der Waals surface area contributed by atoms with Crippen LogP contribution in [-0.4, -0.2) is 19.9 Å². The molecule has 0 radical (unpaired) electrons. The lowest BCUT2D eigenvalue weighted by atomic mass is 10.3. The Labute approximate surface area is 114 Å². The monoisotopic (exact) mass is 278 g/mol. The fourth-order valence-corrected chi connectivity index (χ4v) is 2.78. The van der Waals surface area contributed by atoms with E-state index in [4.69, 9.17) is 0 Å². The average Bonchev–Trinajstić information content (AvgIpc) is 2.35. The molecule has 6 heteroatoms. The Balaban J connectivity index is 2.06. The molecule has 2 aromatic rings. The molecule has 0 spiro atoms. The maximum absolute atomic E-state index is 4.40. The molecule has 2 aromatic heterocycles. The van der Waals surface area contributed by atoms with Gasteiger partial charge in [-0.2, -0.15) is 0 Å². The summed E-state index contributed by atoms with van der Waals surface area (Å²) in [5, 5.41) is 1.48. The summed E-state index contributed by atoms with van der Waals surface area (Å²) in [7, 11) is 2.96. The minimum atomic E-state index is 0.741. The van der Waals surface area contributed by atoms with Gasteiger partial charge in [-0.05, 0) is 60.4 Å². The molecule has 0 fully saturated rings. The van der Waals surface area contributed by atoms with E-state index >= 15 is 0 Å². The van der Waals surface area contributed by atoms with Crippen LogP contribution in [0.2, 0.25) is 0 Å². The molecule has 0 aliphatic heterocycles. The molecule has 0 aromatic carbocycles. The fraction of sp³-hybridized carbons (Fsp3) is 0.333. The Kier molecular flexibility index (Phi) is 4.19. The standard InChI is InChI=1S/C12H14N4S2/c1-7-5-13-11(15-9(7)3)17-18-12-14-6-8(2)10(4)16-12/h5-6H,1-4H3. The van der Waals surface area contributed by atoms with Crippen molar-refractivity contribution >= 4 is 21.6 Å². The van der Waals surface area contributed by atoms with E-state index in [1.807, 2.05) is 40.1 Å². The summed E-state index contributed by atoms with van der Waals surface area (Å²) in [6, 6.07) is 0. The lowest BCUT2D eigenvalue weighted by molar-refractivity contribution is 0.912. The van der Waals surface area contributed by atoms with Crippen LogP contribution in [0.3, 0.4) is 0 Å². The summed E-state index contributed by atoms with van der Waals surface area (Å²) >= 11 is 0. The molecule has 18 heavy (non-hydrogen) atoms. The molecule has 0 bridgehead atoms. The molecule has 0 aliphatic carbocycles. The Morgan fingerprint density at radius 2 is 1.11 bits per heavy atom. The van der Waals surface area contributed by atoms with E-state index in [2.05, 4.69) is 19.9 Å². The summed E-state index contributed by atoms with van der Waals surface area (Å²) in [6.45, 7) is 7.98. The second-order valence-electron chi connectivity index (χ2n) is 4.01. The zero-order valence-corrected chi connectivity index (χ0v) is 12.4. The quantitative estimate of drug-likeness (QED) is 0.634. The Hall–Kier alpha value is -1.14. The van der Waals surface area contributed by atoms with Crippen LogP contribution in [0.1, 0.15) is 22.5 Å². The van der Waals surface area contributed by atoms with Gasteiger partial charge in [0.15, 0.2) is 10.3 Å². The lowest BCUT2D eigenvalue weighted by Gasteiger charge is -2.03. The van der Waals surface area contributed by atoms with Gasteiger partial charge in [0.05, 0.1) is 0 Å². The van der Waals surface area contributed by atoms with Crippen molar-refractivity contribution in [2.45, 2.75) is 38.0 Å². The zero-order valence-electron chi connectivity index (χ0n) is 10.8. The smallest absolute Gasteiger partial charge is 0.199 e. The molecule has 0 saturated carbocycles. The third-order valence-electron chi connectivity index (χ3n) is 2.60. The Morgan fingerprint density at radius 3 is 1.44 bits per heavy atom. The number of hydrogen-bond acceptors (Lipinski definition) is 6. The number of hydrogen-bond donors (Lipinski definition) is 0. The third-order valence-corrected chi connectivity index (χ3v) is 4.52. The van der Waals surface area contributed by atoms with Crippen molar-refractivity contribution < 1.29 is 0 Å². The van der Waals surface area contributed by atoms with Crippen LogP contribution < -0.4 is 0 Å². The van der Waals surface area contributed by atoms with Gasteiger partial charge in [-0.3, -0.25) is 0 Å². The number of aryl methyl sites for hydroxylation is 4. The largest absolute Gasteiger partial charge is 0.230 e. The summed E-state index contributed by atoms with van der Waals surface area (Å²) in [4.78, 5) is 17.3. The molecule has 0 N–H and O–H groups in total. The van der Waals surface area contributed by atoms with Gasteiger partial charge >= 0.3 is 0 Å². The molecule has 0 saturated heterocycles. The Morgan fingerprint density at radius 1 is 0.722 bits per heavy atom. The highest BCUT2D eigenvalue weighted by Gasteiger charge is 2.05. The van der Waals surface area contributed by atoms with Gasteiger partial charge in [0.2, 0.25) is 0 Å². The first kappa shape index (κ1) is 13.3. The van der Waals surface area contributed by atoms with Crippen molar-refractivity contribution in [3.8, 4) is 0 Å². The maximum atomic E-state index is 4.40. The van der Waals surface area contributed by atoms with E-state index in [1.165, 1.54) is 21.6 Å². The second-order valence-corrected chi connectivity index (χ2v) is 6.07. The minimum absolute atomic E-state index is 0.741. The summed E-state index contributed by atoms with van der Waals surface area (Å²) in [6.07, 6.45) is 3.68. The van der Waals surface area contributed by atoms with Gasteiger partial charge in [-0.25, -0.2) is 19.9 Å². The van der Waals surface area contributed by atoms with Gasteiger partial charge in [0, 0.05) is 23.8 Å². The molecule has 0 unspecified atom stereocenters. The third kappa shape index (κ3) is 3.20. The molecule has 0 aliphatic rings. The van der Waals surface area contributed by atoms with Crippen LogP contribution in [0, 0.1) is 27.7 Å². The molecule has 0 amide bonds. The SMILES string of the molecule is Cc1cnc(SSc2ncc(C)c(C)n2)nc1C. The van der Waals surface area contributed by atoms with Crippen LogP contribution in [0.25, 0.3) is 0 Å². The highest BCUT2D eigenvalue weighted by atomic mass is 33.1. The maximum Gasteiger partial charge on any atom is 0.199 e.